The number of amides is 1. The Morgan fingerprint density at radius 1 is 1.41 bits per heavy atom. The third-order valence-corrected chi connectivity index (χ3v) is 4.71. The first kappa shape index (κ1) is 16.8. The van der Waals surface area contributed by atoms with E-state index < -0.39 is 5.91 Å². The van der Waals surface area contributed by atoms with Crippen LogP contribution in [0.1, 0.15) is 11.3 Å². The first-order valence-corrected chi connectivity index (χ1v) is 8.01. The smallest absolute Gasteiger partial charge is 0.266 e. The summed E-state index contributed by atoms with van der Waals surface area (Å²) < 4.78 is 6.52. The zero-order valence-electron chi connectivity index (χ0n) is 11.3. The Morgan fingerprint density at radius 3 is 2.73 bits per heavy atom. The monoisotopic (exact) mass is 442 g/mol. The van der Waals surface area contributed by atoms with Gasteiger partial charge in [-0.2, -0.15) is 5.26 Å². The van der Waals surface area contributed by atoms with E-state index in [1.54, 1.807) is 24.3 Å². The molecule has 0 atom stereocenters. The van der Waals surface area contributed by atoms with Gasteiger partial charge in [0.15, 0.2) is 4.67 Å². The highest BCUT2D eigenvalue weighted by Crippen LogP contribution is 2.28. The molecule has 1 N–H and O–H groups in total. The number of furan rings is 1. The van der Waals surface area contributed by atoms with Crippen molar-refractivity contribution in [2.45, 2.75) is 6.92 Å². The van der Waals surface area contributed by atoms with Crippen molar-refractivity contribution < 1.29 is 9.21 Å². The Hall–Kier alpha value is -1.55. The number of anilines is 1. The van der Waals surface area contributed by atoms with Crippen LogP contribution in [0.5, 0.6) is 0 Å². The minimum atomic E-state index is -0.531. The van der Waals surface area contributed by atoms with E-state index in [1.807, 2.05) is 13.0 Å². The average molecular weight is 445 g/mol. The number of nitrogens with one attached hydrogen (secondary N) is 1. The summed E-state index contributed by atoms with van der Waals surface area (Å²) in [6.07, 6.45) is 1.37. The van der Waals surface area contributed by atoms with Gasteiger partial charge in [0, 0.05) is 16.8 Å². The third-order valence-electron chi connectivity index (χ3n) is 2.76. The maximum absolute atomic E-state index is 12.2. The molecule has 2 rings (SSSR count). The molecule has 1 aromatic carbocycles. The maximum atomic E-state index is 12.2. The number of nitriles is 1. The number of nitrogens with zero attached hydrogens (tertiary/aromatic N) is 1. The number of aryl methyl sites for hydroxylation is 1. The standard InChI is InChI=1S/C15H9Br2ClN2O2/c1-8-2-3-10(18)5-13(8)20-15(21)9(7-19)4-11-6-12(16)14(17)22-11/h2-6H,1H3,(H,20,21)/b9-4-. The van der Waals surface area contributed by atoms with Crippen LogP contribution in [0.4, 0.5) is 5.69 Å². The molecular weight excluding hydrogens is 435 g/mol. The lowest BCUT2D eigenvalue weighted by Crippen LogP contribution is -2.14. The van der Waals surface area contributed by atoms with E-state index in [4.69, 9.17) is 21.3 Å². The fourth-order valence-corrected chi connectivity index (χ4v) is 2.42. The lowest BCUT2D eigenvalue weighted by atomic mass is 10.1. The number of hydrogen-bond acceptors (Lipinski definition) is 3. The number of benzene rings is 1. The molecular formula is C15H9Br2ClN2O2. The Bertz CT molecular complexity index is 787. The van der Waals surface area contributed by atoms with Crippen LogP contribution in [-0.4, -0.2) is 5.91 Å². The van der Waals surface area contributed by atoms with Gasteiger partial charge in [-0.05, 0) is 62.5 Å². The molecule has 0 saturated heterocycles. The summed E-state index contributed by atoms with van der Waals surface area (Å²) >= 11 is 12.4. The van der Waals surface area contributed by atoms with Gasteiger partial charge in [0.1, 0.15) is 17.4 Å². The van der Waals surface area contributed by atoms with Gasteiger partial charge in [-0.3, -0.25) is 4.79 Å². The molecule has 0 fully saturated rings. The zero-order valence-corrected chi connectivity index (χ0v) is 15.2. The van der Waals surface area contributed by atoms with Crippen LogP contribution in [0.3, 0.4) is 0 Å². The molecule has 7 heteroatoms. The molecule has 0 bridgehead atoms. The summed E-state index contributed by atoms with van der Waals surface area (Å²) in [5.41, 5.74) is 1.33. The van der Waals surface area contributed by atoms with Gasteiger partial charge < -0.3 is 9.73 Å². The van der Waals surface area contributed by atoms with Crippen LogP contribution in [0, 0.1) is 18.3 Å². The quantitative estimate of drug-likeness (QED) is 0.515. The SMILES string of the molecule is Cc1ccc(Cl)cc1NC(=O)/C(C#N)=C\c1cc(Br)c(Br)o1. The van der Waals surface area contributed by atoms with Crippen molar-refractivity contribution in [1.82, 2.24) is 0 Å². The Balaban J connectivity index is 2.26. The van der Waals surface area contributed by atoms with E-state index in [9.17, 15) is 4.79 Å². The van der Waals surface area contributed by atoms with E-state index in [0.29, 0.717) is 25.6 Å². The van der Waals surface area contributed by atoms with Gasteiger partial charge in [-0.25, -0.2) is 0 Å². The summed E-state index contributed by atoms with van der Waals surface area (Å²) in [6, 6.07) is 8.65. The summed E-state index contributed by atoms with van der Waals surface area (Å²) in [6.45, 7) is 1.84. The molecule has 1 amide bonds. The van der Waals surface area contributed by atoms with Gasteiger partial charge in [0.25, 0.3) is 5.91 Å². The highest BCUT2D eigenvalue weighted by molar-refractivity contribution is 9.13. The van der Waals surface area contributed by atoms with E-state index in [-0.39, 0.29) is 5.57 Å². The molecule has 0 spiro atoms. The van der Waals surface area contributed by atoms with Crippen molar-refractivity contribution >= 4 is 61.1 Å². The van der Waals surface area contributed by atoms with Gasteiger partial charge in [0.05, 0.1) is 4.47 Å². The molecule has 0 radical (unpaired) electrons. The molecule has 1 heterocycles. The highest BCUT2D eigenvalue weighted by Gasteiger charge is 2.13. The van der Waals surface area contributed by atoms with Gasteiger partial charge in [0.2, 0.25) is 0 Å². The van der Waals surface area contributed by atoms with Crippen molar-refractivity contribution in [3.05, 3.63) is 55.3 Å². The van der Waals surface area contributed by atoms with Crippen molar-refractivity contribution in [1.29, 1.82) is 5.26 Å². The topological polar surface area (TPSA) is 66.0 Å². The van der Waals surface area contributed by atoms with E-state index in [1.165, 1.54) is 6.08 Å². The Labute approximate surface area is 149 Å². The molecule has 1 aromatic heterocycles. The summed E-state index contributed by atoms with van der Waals surface area (Å²) in [4.78, 5) is 12.2. The second-order valence-corrected chi connectivity index (χ2v) is 6.36. The average Bonchev–Trinajstić information content (AvgIpc) is 2.78. The van der Waals surface area contributed by atoms with Gasteiger partial charge in [-0.15, -0.1) is 0 Å². The lowest BCUT2D eigenvalue weighted by Gasteiger charge is -2.07. The van der Waals surface area contributed by atoms with Crippen LogP contribution in [0.15, 0.2) is 43.4 Å². The third kappa shape index (κ3) is 4.01. The molecule has 112 valence electrons. The van der Waals surface area contributed by atoms with Crippen LogP contribution in [-0.2, 0) is 4.79 Å². The molecule has 2 aromatic rings. The largest absolute Gasteiger partial charge is 0.449 e. The Morgan fingerprint density at radius 2 is 2.14 bits per heavy atom. The number of hydrogen-bond donors (Lipinski definition) is 1. The lowest BCUT2D eigenvalue weighted by molar-refractivity contribution is -0.112. The maximum Gasteiger partial charge on any atom is 0.266 e. The molecule has 0 unspecified atom stereocenters. The van der Waals surface area contributed by atoms with Gasteiger partial charge in [-0.1, -0.05) is 17.7 Å². The molecule has 0 aliphatic carbocycles. The van der Waals surface area contributed by atoms with Crippen LogP contribution >= 0.6 is 43.5 Å². The normalized spacial score (nSPS) is 11.1. The van der Waals surface area contributed by atoms with Gasteiger partial charge >= 0.3 is 0 Å². The van der Waals surface area contributed by atoms with Crippen molar-refractivity contribution in [2.75, 3.05) is 5.32 Å². The highest BCUT2D eigenvalue weighted by atomic mass is 79.9. The van der Waals surface area contributed by atoms with Crippen LogP contribution in [0.2, 0.25) is 5.02 Å². The van der Waals surface area contributed by atoms with Crippen molar-refractivity contribution in [3.63, 3.8) is 0 Å². The molecule has 22 heavy (non-hydrogen) atoms. The van der Waals surface area contributed by atoms with E-state index in [0.717, 1.165) is 5.56 Å². The fourth-order valence-electron chi connectivity index (χ4n) is 1.64. The minimum Gasteiger partial charge on any atom is -0.449 e. The first-order valence-electron chi connectivity index (χ1n) is 6.05. The van der Waals surface area contributed by atoms with E-state index in [2.05, 4.69) is 37.2 Å². The zero-order chi connectivity index (χ0) is 16.3. The van der Waals surface area contributed by atoms with Crippen molar-refractivity contribution in [3.8, 4) is 6.07 Å². The molecule has 0 aliphatic rings. The first-order chi connectivity index (χ1) is 10.4. The number of carbonyl (C=O) groups excluding carboxylic acids is 1. The summed E-state index contributed by atoms with van der Waals surface area (Å²) in [7, 11) is 0. The molecule has 0 saturated carbocycles. The van der Waals surface area contributed by atoms with Crippen LogP contribution in [0.25, 0.3) is 6.08 Å². The van der Waals surface area contributed by atoms with E-state index >= 15 is 0 Å². The second-order valence-electron chi connectivity index (χ2n) is 4.35. The fraction of sp³-hybridized carbons (Fsp3) is 0.0667. The second kappa shape index (κ2) is 7.14. The summed E-state index contributed by atoms with van der Waals surface area (Å²) in [5, 5.41) is 12.3. The number of carbonyl (C=O) groups is 1. The molecule has 4 nitrogen and oxygen atoms in total. The predicted octanol–water partition coefficient (Wildman–Crippen LogP) is 5.31. The number of rotatable bonds is 3. The van der Waals surface area contributed by atoms with Crippen LogP contribution < -0.4 is 5.32 Å². The Kier molecular flexibility index (Phi) is 5.46. The minimum absolute atomic E-state index is 0.0758. The number of halogens is 3. The summed E-state index contributed by atoms with van der Waals surface area (Å²) in [5.74, 6) is -0.148. The predicted molar refractivity (Wildman–Crippen MR) is 92.5 cm³/mol. The van der Waals surface area contributed by atoms with Crippen molar-refractivity contribution in [2.24, 2.45) is 0 Å². The molecule has 0 aliphatic heterocycles.